The number of aryl methyl sites for hydroxylation is 1. The number of fused-ring (bicyclic) bond motifs is 1. The number of ether oxygens (including phenoxy) is 1. The molecule has 2 aromatic rings. The Morgan fingerprint density at radius 3 is 2.93 bits per heavy atom. The summed E-state index contributed by atoms with van der Waals surface area (Å²) in [7, 11) is 0. The highest BCUT2D eigenvalue weighted by Gasteiger charge is 2.27. The van der Waals surface area contributed by atoms with Gasteiger partial charge in [-0.05, 0) is 25.0 Å². The number of aliphatic hydroxyl groups is 1. The van der Waals surface area contributed by atoms with Gasteiger partial charge in [0.25, 0.3) is 5.69 Å². The van der Waals surface area contributed by atoms with Gasteiger partial charge in [-0.25, -0.2) is 4.79 Å². The molecule has 27 heavy (non-hydrogen) atoms. The van der Waals surface area contributed by atoms with Crippen LogP contribution < -0.4 is 4.74 Å². The number of nitro benzene ring substituents is 1. The van der Waals surface area contributed by atoms with Crippen LogP contribution in [0.5, 0.6) is 5.75 Å². The molecule has 0 unspecified atom stereocenters. The van der Waals surface area contributed by atoms with Crippen LogP contribution >= 0.6 is 0 Å². The van der Waals surface area contributed by atoms with Gasteiger partial charge in [-0.3, -0.25) is 15.1 Å². The highest BCUT2D eigenvalue weighted by Crippen LogP contribution is 2.31. The number of amides is 1. The van der Waals surface area contributed by atoms with E-state index in [1.54, 1.807) is 18.3 Å². The number of benzene rings is 1. The molecule has 9 heteroatoms. The number of hydrogen-bond acceptors (Lipinski definition) is 6. The van der Waals surface area contributed by atoms with Gasteiger partial charge in [-0.15, -0.1) is 0 Å². The maximum atomic E-state index is 11.6. The first-order chi connectivity index (χ1) is 12.9. The molecule has 0 spiro atoms. The monoisotopic (exact) mass is 373 g/mol. The van der Waals surface area contributed by atoms with Crippen molar-refractivity contribution in [3.05, 3.63) is 64.0 Å². The van der Waals surface area contributed by atoms with Crippen LogP contribution in [-0.2, 0) is 6.42 Å². The maximum absolute atomic E-state index is 11.6. The summed E-state index contributed by atoms with van der Waals surface area (Å²) >= 11 is 0. The number of carboxylic acid groups (broad SMARTS) is 1. The first-order valence-corrected chi connectivity index (χ1v) is 8.44. The molecule has 3 rings (SSSR count). The third-order valence-electron chi connectivity index (χ3n) is 4.44. The zero-order valence-corrected chi connectivity index (χ0v) is 14.4. The van der Waals surface area contributed by atoms with E-state index in [1.807, 2.05) is 0 Å². The molecule has 9 nitrogen and oxygen atoms in total. The normalized spacial score (nSPS) is 16.7. The smallest absolute Gasteiger partial charge is 0.407 e. The van der Waals surface area contributed by atoms with Crippen molar-refractivity contribution in [2.24, 2.45) is 0 Å². The van der Waals surface area contributed by atoms with Crippen LogP contribution in [0.25, 0.3) is 0 Å². The standard InChI is InChI=1S/C18H19N3O6/c22-16(13-2-1-7-19-9-13)11-20(18(23)24)10-15-5-3-12-8-14(21(25)26)4-6-17(12)27-15/h1-2,4,6-9,15-16,22H,3,5,10-11H2,(H,23,24)/t15-,16-/m1/s1. The number of aliphatic hydroxyl groups excluding tert-OH is 1. The molecule has 1 amide bonds. The number of aromatic nitrogens is 1. The lowest BCUT2D eigenvalue weighted by Crippen LogP contribution is -2.42. The summed E-state index contributed by atoms with van der Waals surface area (Å²) in [6.45, 7) is -0.0168. The molecule has 1 aliphatic rings. The van der Waals surface area contributed by atoms with Crippen molar-refractivity contribution in [1.82, 2.24) is 9.88 Å². The van der Waals surface area contributed by atoms with Crippen molar-refractivity contribution in [3.8, 4) is 5.75 Å². The molecule has 1 aromatic carbocycles. The highest BCUT2D eigenvalue weighted by atomic mass is 16.6. The molecule has 0 fully saturated rings. The van der Waals surface area contributed by atoms with E-state index in [1.165, 1.54) is 24.4 Å². The Labute approximate surface area is 155 Å². The van der Waals surface area contributed by atoms with Gasteiger partial charge < -0.3 is 19.8 Å². The van der Waals surface area contributed by atoms with Gasteiger partial charge in [-0.2, -0.15) is 0 Å². The van der Waals surface area contributed by atoms with E-state index in [4.69, 9.17) is 4.74 Å². The predicted molar refractivity (Wildman–Crippen MR) is 94.6 cm³/mol. The summed E-state index contributed by atoms with van der Waals surface area (Å²) in [6, 6.07) is 7.73. The second kappa shape index (κ2) is 8.00. The van der Waals surface area contributed by atoms with Crippen molar-refractivity contribution in [1.29, 1.82) is 0 Å². The van der Waals surface area contributed by atoms with Gasteiger partial charge >= 0.3 is 6.09 Å². The lowest BCUT2D eigenvalue weighted by Gasteiger charge is -2.31. The first kappa shape index (κ1) is 18.6. The fourth-order valence-electron chi connectivity index (χ4n) is 3.04. The Morgan fingerprint density at radius 1 is 1.44 bits per heavy atom. The Morgan fingerprint density at radius 2 is 2.26 bits per heavy atom. The molecule has 0 aliphatic carbocycles. The maximum Gasteiger partial charge on any atom is 0.407 e. The van der Waals surface area contributed by atoms with Gasteiger partial charge in [0.1, 0.15) is 11.9 Å². The Balaban J connectivity index is 1.65. The van der Waals surface area contributed by atoms with Gasteiger partial charge in [-0.1, -0.05) is 6.07 Å². The molecule has 0 radical (unpaired) electrons. The van der Waals surface area contributed by atoms with Gasteiger partial charge in [0.2, 0.25) is 0 Å². The minimum absolute atomic E-state index is 0.00237. The third kappa shape index (κ3) is 4.50. The Bertz CT molecular complexity index is 829. The zero-order chi connectivity index (χ0) is 19.4. The Kier molecular flexibility index (Phi) is 5.51. The second-order valence-electron chi connectivity index (χ2n) is 6.32. The quantitative estimate of drug-likeness (QED) is 0.588. The molecule has 0 saturated carbocycles. The predicted octanol–water partition coefficient (Wildman–Crippen LogP) is 2.40. The number of pyridine rings is 1. The Hall–Kier alpha value is -3.20. The summed E-state index contributed by atoms with van der Waals surface area (Å²) < 4.78 is 5.81. The van der Waals surface area contributed by atoms with Crippen LogP contribution in [0.4, 0.5) is 10.5 Å². The molecule has 0 bridgehead atoms. The lowest BCUT2D eigenvalue weighted by molar-refractivity contribution is -0.385. The molecule has 2 atom stereocenters. The molecular weight excluding hydrogens is 354 g/mol. The molecule has 1 aliphatic heterocycles. The van der Waals surface area contributed by atoms with Crippen LogP contribution in [0.15, 0.2) is 42.7 Å². The van der Waals surface area contributed by atoms with E-state index in [0.717, 1.165) is 10.5 Å². The third-order valence-corrected chi connectivity index (χ3v) is 4.44. The van der Waals surface area contributed by atoms with E-state index in [0.29, 0.717) is 24.2 Å². The average molecular weight is 373 g/mol. The van der Waals surface area contributed by atoms with Crippen LogP contribution in [0.1, 0.15) is 23.7 Å². The number of rotatable bonds is 6. The van der Waals surface area contributed by atoms with Crippen molar-refractivity contribution < 1.29 is 24.7 Å². The summed E-state index contributed by atoms with van der Waals surface area (Å²) in [4.78, 5) is 27.0. The van der Waals surface area contributed by atoms with Gasteiger partial charge in [0.05, 0.1) is 24.1 Å². The first-order valence-electron chi connectivity index (χ1n) is 8.44. The SMILES string of the molecule is O=C(O)N(C[C@H]1CCc2cc([N+](=O)[O-])ccc2O1)C[C@@H](O)c1cccnc1. The van der Waals surface area contributed by atoms with Crippen molar-refractivity contribution in [3.63, 3.8) is 0 Å². The average Bonchev–Trinajstić information content (AvgIpc) is 2.67. The topological polar surface area (TPSA) is 126 Å². The number of nitrogens with zero attached hydrogens (tertiary/aromatic N) is 3. The molecule has 2 N–H and O–H groups in total. The summed E-state index contributed by atoms with van der Waals surface area (Å²) in [6.07, 6.45) is 1.61. The number of carbonyl (C=O) groups is 1. The van der Waals surface area contributed by atoms with Crippen molar-refractivity contribution >= 4 is 11.8 Å². The summed E-state index contributed by atoms with van der Waals surface area (Å²) in [5, 5.41) is 30.6. The highest BCUT2D eigenvalue weighted by molar-refractivity contribution is 5.65. The molecule has 142 valence electrons. The van der Waals surface area contributed by atoms with E-state index in [9.17, 15) is 25.1 Å². The summed E-state index contributed by atoms with van der Waals surface area (Å²) in [5.41, 5.74) is 1.27. The van der Waals surface area contributed by atoms with Crippen LogP contribution in [0.2, 0.25) is 0 Å². The number of nitro groups is 1. The van der Waals surface area contributed by atoms with Crippen molar-refractivity contribution in [2.45, 2.75) is 25.0 Å². The summed E-state index contributed by atoms with van der Waals surface area (Å²) in [5.74, 6) is 0.523. The minimum Gasteiger partial charge on any atom is -0.488 e. The van der Waals surface area contributed by atoms with Crippen LogP contribution in [0, 0.1) is 10.1 Å². The van der Waals surface area contributed by atoms with E-state index < -0.39 is 23.2 Å². The van der Waals surface area contributed by atoms with Crippen LogP contribution in [-0.4, -0.2) is 50.3 Å². The molecule has 2 heterocycles. The van der Waals surface area contributed by atoms with Gasteiger partial charge in [0.15, 0.2) is 0 Å². The van der Waals surface area contributed by atoms with E-state index in [-0.39, 0.29) is 18.8 Å². The zero-order valence-electron chi connectivity index (χ0n) is 14.4. The molecule has 1 aromatic heterocycles. The molecule has 0 saturated heterocycles. The second-order valence-corrected chi connectivity index (χ2v) is 6.32. The van der Waals surface area contributed by atoms with Crippen LogP contribution in [0.3, 0.4) is 0 Å². The van der Waals surface area contributed by atoms with Crippen molar-refractivity contribution in [2.75, 3.05) is 13.1 Å². The largest absolute Gasteiger partial charge is 0.488 e. The lowest BCUT2D eigenvalue weighted by atomic mass is 10.0. The minimum atomic E-state index is -1.16. The number of hydrogen-bond donors (Lipinski definition) is 2. The fraction of sp³-hybridized carbons (Fsp3) is 0.333. The van der Waals surface area contributed by atoms with Gasteiger partial charge in [0, 0.05) is 35.7 Å². The molecular formula is C18H19N3O6. The number of non-ortho nitro benzene ring substituents is 1. The van der Waals surface area contributed by atoms with E-state index >= 15 is 0 Å². The fourth-order valence-corrected chi connectivity index (χ4v) is 3.04. The van der Waals surface area contributed by atoms with E-state index in [2.05, 4.69) is 4.98 Å².